The number of carbonyl (C=O) groups is 1. The molecule has 98 valence electrons. The number of nitrogens with two attached hydrogens (primary N) is 1. The molecule has 0 radical (unpaired) electrons. The predicted molar refractivity (Wildman–Crippen MR) is 85.6 cm³/mol. The lowest BCUT2D eigenvalue weighted by atomic mass is 10.2. The summed E-state index contributed by atoms with van der Waals surface area (Å²) in [6.07, 6.45) is 3.11. The zero-order chi connectivity index (χ0) is 14.0. The lowest BCUT2D eigenvalue weighted by Gasteiger charge is -2.19. The van der Waals surface area contributed by atoms with Gasteiger partial charge in [-0.1, -0.05) is 11.6 Å². The molecule has 6 heteroatoms. The molecule has 0 aliphatic carbocycles. The third-order valence-electron chi connectivity index (χ3n) is 2.66. The number of pyridine rings is 1. The lowest BCUT2D eigenvalue weighted by Crippen LogP contribution is -2.27. The third kappa shape index (κ3) is 2.98. The van der Waals surface area contributed by atoms with Crippen molar-refractivity contribution in [2.75, 3.05) is 17.7 Å². The molecule has 0 fully saturated rings. The highest BCUT2D eigenvalue weighted by molar-refractivity contribution is 14.1. The van der Waals surface area contributed by atoms with Gasteiger partial charge in [0.15, 0.2) is 0 Å². The highest BCUT2D eigenvalue weighted by atomic mass is 127. The van der Waals surface area contributed by atoms with Crippen LogP contribution in [-0.4, -0.2) is 17.9 Å². The number of benzene rings is 1. The van der Waals surface area contributed by atoms with Crippen molar-refractivity contribution in [2.24, 2.45) is 0 Å². The van der Waals surface area contributed by atoms with Crippen LogP contribution < -0.4 is 10.6 Å². The van der Waals surface area contributed by atoms with Crippen molar-refractivity contribution in [3.05, 3.63) is 50.8 Å². The summed E-state index contributed by atoms with van der Waals surface area (Å²) in [7, 11) is 1.67. The predicted octanol–water partition coefficient (Wildman–Crippen LogP) is 3.20. The van der Waals surface area contributed by atoms with Crippen LogP contribution in [0, 0.1) is 3.57 Å². The van der Waals surface area contributed by atoms with Gasteiger partial charge in [-0.2, -0.15) is 0 Å². The molecule has 0 aliphatic rings. The van der Waals surface area contributed by atoms with Gasteiger partial charge >= 0.3 is 0 Å². The van der Waals surface area contributed by atoms with Crippen molar-refractivity contribution in [1.29, 1.82) is 0 Å². The highest BCUT2D eigenvalue weighted by Gasteiger charge is 2.16. The van der Waals surface area contributed by atoms with Gasteiger partial charge in [0.05, 0.1) is 22.6 Å². The smallest absolute Gasteiger partial charge is 0.258 e. The minimum absolute atomic E-state index is 0.170. The fraction of sp³-hybridized carbons (Fsp3) is 0.0769. The summed E-state index contributed by atoms with van der Waals surface area (Å²) in [5.41, 5.74) is 7.40. The van der Waals surface area contributed by atoms with Gasteiger partial charge in [-0.15, -0.1) is 0 Å². The molecule has 1 aromatic carbocycles. The van der Waals surface area contributed by atoms with E-state index in [1.165, 1.54) is 11.1 Å². The van der Waals surface area contributed by atoms with Gasteiger partial charge in [-0.05, 0) is 46.9 Å². The molecule has 0 saturated heterocycles. The van der Waals surface area contributed by atoms with Gasteiger partial charge in [0.1, 0.15) is 0 Å². The SMILES string of the molecule is CN(C(=O)c1ccc(I)c(Cl)c1)c1ccncc1N. The maximum Gasteiger partial charge on any atom is 0.258 e. The van der Waals surface area contributed by atoms with E-state index in [0.717, 1.165) is 3.57 Å². The topological polar surface area (TPSA) is 59.2 Å². The lowest BCUT2D eigenvalue weighted by molar-refractivity contribution is 0.0993. The Morgan fingerprint density at radius 1 is 1.42 bits per heavy atom. The molecule has 0 bridgehead atoms. The summed E-state index contributed by atoms with van der Waals surface area (Å²) >= 11 is 8.14. The second-order valence-corrected chi connectivity index (χ2v) is 5.50. The number of aromatic nitrogens is 1. The molecule has 2 aromatic rings. The molecule has 0 unspecified atom stereocenters. The van der Waals surface area contributed by atoms with Crippen molar-refractivity contribution in [1.82, 2.24) is 4.98 Å². The van der Waals surface area contributed by atoms with E-state index in [1.807, 2.05) is 0 Å². The number of hydrogen-bond acceptors (Lipinski definition) is 3. The number of nitrogen functional groups attached to an aromatic ring is 1. The van der Waals surface area contributed by atoms with Crippen LogP contribution in [-0.2, 0) is 0 Å². The van der Waals surface area contributed by atoms with Crippen LogP contribution in [0.3, 0.4) is 0 Å². The van der Waals surface area contributed by atoms with Crippen molar-refractivity contribution in [3.8, 4) is 0 Å². The average molecular weight is 388 g/mol. The summed E-state index contributed by atoms with van der Waals surface area (Å²) in [6.45, 7) is 0. The van der Waals surface area contributed by atoms with E-state index >= 15 is 0 Å². The van der Waals surface area contributed by atoms with Gasteiger partial charge in [0.25, 0.3) is 5.91 Å². The summed E-state index contributed by atoms with van der Waals surface area (Å²) in [4.78, 5) is 17.7. The molecule has 0 spiro atoms. The normalized spacial score (nSPS) is 10.3. The summed E-state index contributed by atoms with van der Waals surface area (Å²) < 4.78 is 0.905. The number of hydrogen-bond donors (Lipinski definition) is 1. The quantitative estimate of drug-likeness (QED) is 0.805. The molecule has 19 heavy (non-hydrogen) atoms. The average Bonchev–Trinajstić information content (AvgIpc) is 2.41. The van der Waals surface area contributed by atoms with E-state index in [2.05, 4.69) is 27.6 Å². The molecular weight excluding hydrogens is 377 g/mol. The first-order chi connectivity index (χ1) is 9.00. The molecule has 1 heterocycles. The number of halogens is 2. The molecule has 1 aromatic heterocycles. The monoisotopic (exact) mass is 387 g/mol. The fourth-order valence-corrected chi connectivity index (χ4v) is 2.15. The molecular formula is C13H11ClIN3O. The first kappa shape index (κ1) is 14.1. The Morgan fingerprint density at radius 2 is 2.16 bits per heavy atom. The minimum atomic E-state index is -0.170. The minimum Gasteiger partial charge on any atom is -0.396 e. The zero-order valence-corrected chi connectivity index (χ0v) is 13.0. The standard InChI is InChI=1S/C13H11ClIN3O/c1-18(12-4-5-17-7-11(12)16)13(19)8-2-3-10(15)9(14)6-8/h2-7H,16H2,1H3. The Labute approximate surface area is 129 Å². The molecule has 4 nitrogen and oxygen atoms in total. The highest BCUT2D eigenvalue weighted by Crippen LogP contribution is 2.24. The van der Waals surface area contributed by atoms with E-state index in [1.54, 1.807) is 37.5 Å². The van der Waals surface area contributed by atoms with Crippen molar-refractivity contribution < 1.29 is 4.79 Å². The number of amides is 1. The van der Waals surface area contributed by atoms with Crippen LogP contribution in [0.15, 0.2) is 36.7 Å². The van der Waals surface area contributed by atoms with Crippen LogP contribution in [0.2, 0.25) is 5.02 Å². The largest absolute Gasteiger partial charge is 0.396 e. The molecule has 0 aliphatic heterocycles. The van der Waals surface area contributed by atoms with Gasteiger partial charge < -0.3 is 10.6 Å². The Morgan fingerprint density at radius 3 is 2.79 bits per heavy atom. The zero-order valence-electron chi connectivity index (χ0n) is 10.1. The number of carbonyl (C=O) groups excluding carboxylic acids is 1. The summed E-state index contributed by atoms with van der Waals surface area (Å²) in [5.74, 6) is -0.170. The first-order valence-electron chi connectivity index (χ1n) is 5.43. The van der Waals surface area contributed by atoms with E-state index in [0.29, 0.717) is 22.0 Å². The molecule has 2 N–H and O–H groups in total. The van der Waals surface area contributed by atoms with Gasteiger partial charge in [-0.3, -0.25) is 9.78 Å². The maximum atomic E-state index is 12.3. The van der Waals surface area contributed by atoms with Gasteiger partial charge in [0.2, 0.25) is 0 Å². The van der Waals surface area contributed by atoms with Crippen LogP contribution in [0.1, 0.15) is 10.4 Å². The van der Waals surface area contributed by atoms with E-state index < -0.39 is 0 Å². The van der Waals surface area contributed by atoms with Crippen LogP contribution >= 0.6 is 34.2 Å². The van der Waals surface area contributed by atoms with E-state index in [4.69, 9.17) is 17.3 Å². The van der Waals surface area contributed by atoms with Crippen molar-refractivity contribution >= 4 is 51.5 Å². The van der Waals surface area contributed by atoms with Crippen molar-refractivity contribution in [2.45, 2.75) is 0 Å². The molecule has 2 rings (SSSR count). The third-order valence-corrected chi connectivity index (χ3v) is 4.23. The Kier molecular flexibility index (Phi) is 4.26. The van der Waals surface area contributed by atoms with E-state index in [-0.39, 0.29) is 5.91 Å². The number of rotatable bonds is 2. The van der Waals surface area contributed by atoms with Crippen LogP contribution in [0.5, 0.6) is 0 Å². The molecule has 0 atom stereocenters. The fourth-order valence-electron chi connectivity index (χ4n) is 1.64. The molecule has 1 amide bonds. The van der Waals surface area contributed by atoms with Gasteiger partial charge in [0, 0.05) is 22.4 Å². The number of nitrogens with zero attached hydrogens (tertiary/aromatic N) is 2. The summed E-state index contributed by atoms with van der Waals surface area (Å²) in [6, 6.07) is 6.89. The van der Waals surface area contributed by atoms with Crippen molar-refractivity contribution in [3.63, 3.8) is 0 Å². The van der Waals surface area contributed by atoms with E-state index in [9.17, 15) is 4.79 Å². The second-order valence-electron chi connectivity index (χ2n) is 3.93. The number of anilines is 2. The summed E-state index contributed by atoms with van der Waals surface area (Å²) in [5, 5.41) is 0.558. The maximum absolute atomic E-state index is 12.3. The second kappa shape index (κ2) is 5.75. The van der Waals surface area contributed by atoms with Crippen LogP contribution in [0.25, 0.3) is 0 Å². The Bertz CT molecular complexity index is 633. The Balaban J connectivity index is 2.34. The van der Waals surface area contributed by atoms with Gasteiger partial charge in [-0.25, -0.2) is 0 Å². The molecule has 0 saturated carbocycles. The van der Waals surface area contributed by atoms with Crippen LogP contribution in [0.4, 0.5) is 11.4 Å². The first-order valence-corrected chi connectivity index (χ1v) is 6.89. The Hall–Kier alpha value is -1.34.